The second-order valence-corrected chi connectivity index (χ2v) is 6.40. The third-order valence-corrected chi connectivity index (χ3v) is 4.63. The molecule has 4 N–H and O–H groups in total. The van der Waals surface area contributed by atoms with Gasteiger partial charge in [-0.15, -0.1) is 0 Å². The Bertz CT molecular complexity index is 551. The van der Waals surface area contributed by atoms with Gasteiger partial charge in [0.2, 0.25) is 5.91 Å². The molecule has 1 aliphatic rings. The normalized spacial score (nSPS) is 16.6. The van der Waals surface area contributed by atoms with Crippen LogP contribution in [-0.2, 0) is 10.3 Å². The molecule has 0 radical (unpaired) electrons. The topological polar surface area (TPSA) is 84.2 Å². The molecule has 2 rings (SSSR count). The highest BCUT2D eigenvalue weighted by Gasteiger charge is 2.36. The highest BCUT2D eigenvalue weighted by atomic mass is 16.2. The monoisotopic (exact) mass is 317 g/mol. The molecule has 0 saturated heterocycles. The first-order chi connectivity index (χ1) is 11.0. The van der Waals surface area contributed by atoms with Crippen LogP contribution >= 0.6 is 0 Å². The molecule has 1 aliphatic carbocycles. The fourth-order valence-electron chi connectivity index (χ4n) is 3.52. The number of nitrogens with two attached hydrogens (primary N) is 1. The van der Waals surface area contributed by atoms with E-state index in [4.69, 9.17) is 5.73 Å². The zero-order valence-corrected chi connectivity index (χ0v) is 13.9. The zero-order valence-electron chi connectivity index (χ0n) is 13.9. The first kappa shape index (κ1) is 17.3. The lowest BCUT2D eigenvalue weighted by atomic mass is 9.75. The minimum absolute atomic E-state index is 0.0430. The minimum Gasteiger partial charge on any atom is -0.352 e. The van der Waals surface area contributed by atoms with Gasteiger partial charge >= 0.3 is 6.03 Å². The number of rotatable bonds is 6. The molecule has 23 heavy (non-hydrogen) atoms. The van der Waals surface area contributed by atoms with Gasteiger partial charge in [0.1, 0.15) is 0 Å². The molecule has 0 aromatic heterocycles. The maximum atomic E-state index is 12.4. The first-order valence-electron chi connectivity index (χ1n) is 8.44. The third kappa shape index (κ3) is 4.71. The molecule has 1 aromatic carbocycles. The van der Waals surface area contributed by atoms with Gasteiger partial charge in [0, 0.05) is 13.0 Å². The fourth-order valence-corrected chi connectivity index (χ4v) is 3.52. The van der Waals surface area contributed by atoms with Crippen LogP contribution in [0.1, 0.15) is 56.1 Å². The van der Waals surface area contributed by atoms with Gasteiger partial charge in [-0.05, 0) is 37.3 Å². The SMILES string of the molecule is Cc1ccccc1C1(NC(=O)CCCNC(N)=O)CCCCC1. The molecule has 1 saturated carbocycles. The molecule has 0 unspecified atom stereocenters. The molecule has 126 valence electrons. The van der Waals surface area contributed by atoms with Gasteiger partial charge in [0.05, 0.1) is 5.54 Å². The molecule has 0 bridgehead atoms. The van der Waals surface area contributed by atoms with Gasteiger partial charge in [-0.1, -0.05) is 43.5 Å². The van der Waals surface area contributed by atoms with E-state index < -0.39 is 6.03 Å². The number of hydrogen-bond donors (Lipinski definition) is 3. The second kappa shape index (κ2) is 7.99. The van der Waals surface area contributed by atoms with Crippen molar-refractivity contribution in [2.75, 3.05) is 6.54 Å². The van der Waals surface area contributed by atoms with Crippen molar-refractivity contribution in [2.24, 2.45) is 5.73 Å². The predicted octanol–water partition coefficient (Wildman–Crippen LogP) is 2.72. The van der Waals surface area contributed by atoms with Gasteiger partial charge in [0.15, 0.2) is 0 Å². The van der Waals surface area contributed by atoms with Gasteiger partial charge in [0.25, 0.3) is 0 Å². The average Bonchev–Trinajstić information content (AvgIpc) is 2.52. The Balaban J connectivity index is 2.03. The number of primary amides is 1. The quantitative estimate of drug-likeness (QED) is 0.705. The summed E-state index contributed by atoms with van der Waals surface area (Å²) in [6.45, 7) is 2.54. The fraction of sp³-hybridized carbons (Fsp3) is 0.556. The summed E-state index contributed by atoms with van der Waals surface area (Å²) in [5.41, 5.74) is 7.25. The molecule has 1 aromatic rings. The second-order valence-electron chi connectivity index (χ2n) is 6.40. The largest absolute Gasteiger partial charge is 0.352 e. The van der Waals surface area contributed by atoms with Gasteiger partial charge in [-0.25, -0.2) is 4.79 Å². The Kier molecular flexibility index (Phi) is 6.02. The standard InChI is InChI=1S/C18H27N3O2/c1-14-8-3-4-9-15(14)18(11-5-2-6-12-18)21-16(22)10-7-13-20-17(19)23/h3-4,8-9H,2,5-7,10-13H2,1H3,(H,21,22)(H3,19,20,23). The van der Waals surface area contributed by atoms with Crippen molar-refractivity contribution in [3.63, 3.8) is 0 Å². The molecule has 5 nitrogen and oxygen atoms in total. The van der Waals surface area contributed by atoms with E-state index in [2.05, 4.69) is 29.7 Å². The Morgan fingerprint density at radius 2 is 1.87 bits per heavy atom. The van der Waals surface area contributed by atoms with Crippen LogP contribution in [-0.4, -0.2) is 18.5 Å². The van der Waals surface area contributed by atoms with Crippen molar-refractivity contribution in [3.8, 4) is 0 Å². The van der Waals surface area contributed by atoms with Crippen LogP contribution in [0.5, 0.6) is 0 Å². The van der Waals surface area contributed by atoms with Crippen molar-refractivity contribution in [1.82, 2.24) is 10.6 Å². The molecular weight excluding hydrogens is 290 g/mol. The number of benzene rings is 1. The van der Waals surface area contributed by atoms with Crippen LogP contribution in [0.4, 0.5) is 4.79 Å². The highest BCUT2D eigenvalue weighted by molar-refractivity contribution is 5.77. The molecule has 0 atom stereocenters. The Morgan fingerprint density at radius 1 is 1.17 bits per heavy atom. The van der Waals surface area contributed by atoms with Crippen LogP contribution in [0.2, 0.25) is 0 Å². The number of carbonyl (C=O) groups is 2. The number of aryl methyl sites for hydroxylation is 1. The molecule has 3 amide bonds. The third-order valence-electron chi connectivity index (χ3n) is 4.63. The Morgan fingerprint density at radius 3 is 2.52 bits per heavy atom. The number of carbonyl (C=O) groups excluding carboxylic acids is 2. The van der Waals surface area contributed by atoms with Crippen molar-refractivity contribution in [2.45, 2.75) is 57.4 Å². The smallest absolute Gasteiger partial charge is 0.312 e. The Hall–Kier alpha value is -2.04. The van der Waals surface area contributed by atoms with E-state index in [1.54, 1.807) is 0 Å². The number of urea groups is 1. The summed E-state index contributed by atoms with van der Waals surface area (Å²) >= 11 is 0. The molecule has 0 heterocycles. The summed E-state index contributed by atoms with van der Waals surface area (Å²) < 4.78 is 0. The minimum atomic E-state index is -0.547. The Labute approximate surface area is 138 Å². The van der Waals surface area contributed by atoms with E-state index in [-0.39, 0.29) is 11.4 Å². The lowest BCUT2D eigenvalue weighted by Gasteiger charge is -2.39. The lowest BCUT2D eigenvalue weighted by Crippen LogP contribution is -2.47. The highest BCUT2D eigenvalue weighted by Crippen LogP contribution is 2.38. The van der Waals surface area contributed by atoms with Gasteiger partial charge in [-0.3, -0.25) is 4.79 Å². The van der Waals surface area contributed by atoms with Crippen molar-refractivity contribution in [3.05, 3.63) is 35.4 Å². The average molecular weight is 317 g/mol. The van der Waals surface area contributed by atoms with Crippen molar-refractivity contribution in [1.29, 1.82) is 0 Å². The van der Waals surface area contributed by atoms with Crippen LogP contribution in [0.25, 0.3) is 0 Å². The maximum Gasteiger partial charge on any atom is 0.312 e. The van der Waals surface area contributed by atoms with Crippen LogP contribution in [0.15, 0.2) is 24.3 Å². The molecular formula is C18H27N3O2. The van der Waals surface area contributed by atoms with E-state index in [1.807, 2.05) is 12.1 Å². The van der Waals surface area contributed by atoms with E-state index >= 15 is 0 Å². The van der Waals surface area contributed by atoms with Crippen LogP contribution in [0.3, 0.4) is 0 Å². The summed E-state index contributed by atoms with van der Waals surface area (Å²) in [6.07, 6.45) is 6.47. The number of nitrogens with one attached hydrogen (secondary N) is 2. The van der Waals surface area contributed by atoms with Gasteiger partial charge in [-0.2, -0.15) is 0 Å². The van der Waals surface area contributed by atoms with E-state index in [0.29, 0.717) is 19.4 Å². The summed E-state index contributed by atoms with van der Waals surface area (Å²) in [5, 5.41) is 5.81. The molecule has 0 aliphatic heterocycles. The van der Waals surface area contributed by atoms with E-state index in [9.17, 15) is 9.59 Å². The van der Waals surface area contributed by atoms with Crippen LogP contribution < -0.4 is 16.4 Å². The molecule has 0 spiro atoms. The first-order valence-corrected chi connectivity index (χ1v) is 8.44. The van der Waals surface area contributed by atoms with Gasteiger partial charge < -0.3 is 16.4 Å². The lowest BCUT2D eigenvalue weighted by molar-refractivity contribution is -0.123. The molecule has 1 fully saturated rings. The number of amides is 3. The summed E-state index contributed by atoms with van der Waals surface area (Å²) in [6, 6.07) is 7.77. The van der Waals surface area contributed by atoms with E-state index in [1.165, 1.54) is 17.5 Å². The summed E-state index contributed by atoms with van der Waals surface area (Å²) in [4.78, 5) is 23.0. The van der Waals surface area contributed by atoms with E-state index in [0.717, 1.165) is 25.7 Å². The number of hydrogen-bond acceptors (Lipinski definition) is 2. The van der Waals surface area contributed by atoms with Crippen molar-refractivity contribution < 1.29 is 9.59 Å². The summed E-state index contributed by atoms with van der Waals surface area (Å²) in [7, 11) is 0. The summed E-state index contributed by atoms with van der Waals surface area (Å²) in [5.74, 6) is 0.0430. The predicted molar refractivity (Wildman–Crippen MR) is 90.9 cm³/mol. The zero-order chi connectivity index (χ0) is 16.7. The van der Waals surface area contributed by atoms with Crippen molar-refractivity contribution >= 4 is 11.9 Å². The maximum absolute atomic E-state index is 12.4. The molecule has 5 heteroatoms. The van der Waals surface area contributed by atoms with Crippen LogP contribution in [0, 0.1) is 6.92 Å².